The quantitative estimate of drug-likeness (QED) is 0.812. The highest BCUT2D eigenvalue weighted by Crippen LogP contribution is 2.18. The maximum atomic E-state index is 12.3. The van der Waals surface area contributed by atoms with Crippen LogP contribution in [-0.2, 0) is 23.1 Å². The molecule has 0 aliphatic heterocycles. The van der Waals surface area contributed by atoms with E-state index in [9.17, 15) is 13.2 Å². The van der Waals surface area contributed by atoms with Crippen LogP contribution < -0.4 is 10.6 Å². The van der Waals surface area contributed by atoms with Crippen molar-refractivity contribution in [3.8, 4) is 0 Å². The van der Waals surface area contributed by atoms with Crippen LogP contribution in [-0.4, -0.2) is 37.8 Å². The van der Waals surface area contributed by atoms with Gasteiger partial charge in [0.25, 0.3) is 0 Å². The summed E-state index contributed by atoms with van der Waals surface area (Å²) >= 11 is 1.51. The third-order valence-electron chi connectivity index (χ3n) is 3.26. The van der Waals surface area contributed by atoms with Crippen LogP contribution in [0.4, 0.5) is 4.79 Å². The molecular formula is C15H20N4O3S2. The lowest BCUT2D eigenvalue weighted by molar-refractivity contribution is 0.240. The van der Waals surface area contributed by atoms with Gasteiger partial charge in [0.1, 0.15) is 0 Å². The fraction of sp³-hybridized carbons (Fsp3) is 0.333. The molecule has 1 aromatic heterocycles. The number of aryl methyl sites for hydroxylation is 1. The lowest BCUT2D eigenvalue weighted by Crippen LogP contribution is -2.35. The molecule has 0 fully saturated rings. The number of carbonyl (C=O) groups excluding carboxylic acids is 1. The van der Waals surface area contributed by atoms with Crippen molar-refractivity contribution < 1.29 is 13.2 Å². The van der Waals surface area contributed by atoms with E-state index < -0.39 is 10.0 Å². The molecule has 2 amide bonds. The van der Waals surface area contributed by atoms with Crippen LogP contribution in [0.1, 0.15) is 15.4 Å². The van der Waals surface area contributed by atoms with Crippen LogP contribution in [0.25, 0.3) is 0 Å². The summed E-state index contributed by atoms with van der Waals surface area (Å²) in [5.74, 6) is 0. The molecule has 9 heteroatoms. The third-order valence-corrected chi connectivity index (χ3v) is 6.09. The molecular weight excluding hydrogens is 348 g/mol. The predicted octanol–water partition coefficient (Wildman–Crippen LogP) is 1.70. The van der Waals surface area contributed by atoms with E-state index in [0.717, 1.165) is 14.2 Å². The van der Waals surface area contributed by atoms with Gasteiger partial charge in [-0.2, -0.15) is 0 Å². The van der Waals surface area contributed by atoms with Gasteiger partial charge in [0, 0.05) is 31.7 Å². The summed E-state index contributed by atoms with van der Waals surface area (Å²) in [6.45, 7) is 2.40. The molecule has 24 heavy (non-hydrogen) atoms. The Balaban J connectivity index is 1.98. The third kappa shape index (κ3) is 4.53. The Hall–Kier alpha value is -1.97. The fourth-order valence-electron chi connectivity index (χ4n) is 1.99. The summed E-state index contributed by atoms with van der Waals surface area (Å²) in [4.78, 5) is 17.2. The molecule has 0 aliphatic carbocycles. The van der Waals surface area contributed by atoms with Crippen LogP contribution in [0.15, 0.2) is 35.4 Å². The molecule has 7 nitrogen and oxygen atoms in total. The van der Waals surface area contributed by atoms with Gasteiger partial charge in [-0.25, -0.2) is 22.5 Å². The number of hydrogen-bond acceptors (Lipinski definition) is 5. The molecule has 2 aromatic rings. The number of hydrogen-bond donors (Lipinski definition) is 2. The average Bonchev–Trinajstić information content (AvgIpc) is 2.96. The molecule has 1 aromatic carbocycles. The van der Waals surface area contributed by atoms with Gasteiger partial charge < -0.3 is 10.6 Å². The van der Waals surface area contributed by atoms with E-state index >= 15 is 0 Å². The van der Waals surface area contributed by atoms with Crippen LogP contribution in [0, 0.1) is 6.92 Å². The number of rotatable bonds is 6. The number of amides is 2. The minimum Gasteiger partial charge on any atom is -0.334 e. The van der Waals surface area contributed by atoms with E-state index in [0.29, 0.717) is 12.1 Å². The summed E-state index contributed by atoms with van der Waals surface area (Å²) in [6, 6.07) is 6.25. The van der Waals surface area contributed by atoms with Crippen molar-refractivity contribution in [3.05, 3.63) is 45.9 Å². The number of thiazole rings is 1. The van der Waals surface area contributed by atoms with E-state index in [2.05, 4.69) is 15.6 Å². The molecule has 0 bridgehead atoms. The van der Waals surface area contributed by atoms with Crippen molar-refractivity contribution in [3.63, 3.8) is 0 Å². The summed E-state index contributed by atoms with van der Waals surface area (Å²) in [6.07, 6.45) is 1.72. The first-order valence-electron chi connectivity index (χ1n) is 7.24. The summed E-state index contributed by atoms with van der Waals surface area (Å²) in [7, 11) is -0.602. The molecule has 0 radical (unpaired) electrons. The number of aromatic nitrogens is 1. The minimum atomic E-state index is -3.55. The van der Waals surface area contributed by atoms with Crippen LogP contribution in [0.2, 0.25) is 0 Å². The molecule has 0 spiro atoms. The van der Waals surface area contributed by atoms with Gasteiger partial charge in [-0.05, 0) is 18.6 Å². The highest BCUT2D eigenvalue weighted by molar-refractivity contribution is 7.89. The van der Waals surface area contributed by atoms with Crippen LogP contribution >= 0.6 is 11.3 Å². The topological polar surface area (TPSA) is 91.4 Å². The smallest absolute Gasteiger partial charge is 0.315 e. The summed E-state index contributed by atoms with van der Waals surface area (Å²) < 4.78 is 25.8. The van der Waals surface area contributed by atoms with E-state index in [4.69, 9.17) is 0 Å². The number of nitrogens with one attached hydrogen (secondary N) is 2. The number of urea groups is 1. The maximum Gasteiger partial charge on any atom is 0.315 e. The highest BCUT2D eigenvalue weighted by Gasteiger charge is 2.20. The lowest BCUT2D eigenvalue weighted by Gasteiger charge is -2.15. The summed E-state index contributed by atoms with van der Waals surface area (Å²) in [5.41, 5.74) is 0.537. The molecule has 2 rings (SSSR count). The normalized spacial score (nSPS) is 11.5. The SMILES string of the molecule is Cc1ncc(CNC(=O)NCc2ccccc2S(=O)(=O)N(C)C)s1. The molecule has 0 atom stereocenters. The average molecular weight is 368 g/mol. The Morgan fingerprint density at radius 3 is 2.50 bits per heavy atom. The number of nitrogens with zero attached hydrogens (tertiary/aromatic N) is 2. The van der Waals surface area contributed by atoms with Gasteiger partial charge in [-0.3, -0.25) is 0 Å². The zero-order valence-corrected chi connectivity index (χ0v) is 15.4. The summed E-state index contributed by atoms with van der Waals surface area (Å²) in [5, 5.41) is 6.34. The Kier molecular flexibility index (Phi) is 5.92. The van der Waals surface area contributed by atoms with Crippen molar-refractivity contribution in [1.82, 2.24) is 19.9 Å². The number of benzene rings is 1. The fourth-order valence-corrected chi connectivity index (χ4v) is 3.84. The highest BCUT2D eigenvalue weighted by atomic mass is 32.2. The number of carbonyl (C=O) groups is 1. The van der Waals surface area contributed by atoms with Crippen LogP contribution in [0.3, 0.4) is 0 Å². The second kappa shape index (κ2) is 7.73. The van der Waals surface area contributed by atoms with Gasteiger partial charge in [-0.15, -0.1) is 11.3 Å². The van der Waals surface area contributed by atoms with Crippen molar-refractivity contribution in [2.75, 3.05) is 14.1 Å². The van der Waals surface area contributed by atoms with Gasteiger partial charge in [0.2, 0.25) is 10.0 Å². The standard InChI is InChI=1S/C15H20N4O3S2/c1-11-16-9-13(23-11)10-18-15(20)17-8-12-6-4-5-7-14(12)24(21,22)19(2)3/h4-7,9H,8,10H2,1-3H3,(H2,17,18,20). The molecule has 0 aliphatic rings. The Morgan fingerprint density at radius 1 is 1.21 bits per heavy atom. The maximum absolute atomic E-state index is 12.3. The molecule has 0 unspecified atom stereocenters. The van der Waals surface area contributed by atoms with Crippen molar-refractivity contribution in [2.45, 2.75) is 24.9 Å². The van der Waals surface area contributed by atoms with Gasteiger partial charge >= 0.3 is 6.03 Å². The zero-order valence-electron chi connectivity index (χ0n) is 13.7. The van der Waals surface area contributed by atoms with Crippen molar-refractivity contribution >= 4 is 27.4 Å². The van der Waals surface area contributed by atoms with E-state index in [1.807, 2.05) is 6.92 Å². The first-order chi connectivity index (χ1) is 11.3. The molecule has 2 N–H and O–H groups in total. The minimum absolute atomic E-state index is 0.122. The largest absolute Gasteiger partial charge is 0.334 e. The lowest BCUT2D eigenvalue weighted by atomic mass is 10.2. The first-order valence-corrected chi connectivity index (χ1v) is 9.50. The van der Waals surface area contributed by atoms with E-state index in [-0.39, 0.29) is 17.5 Å². The zero-order chi connectivity index (χ0) is 17.7. The Bertz CT molecular complexity index is 816. The van der Waals surface area contributed by atoms with Crippen molar-refractivity contribution in [2.24, 2.45) is 0 Å². The van der Waals surface area contributed by atoms with E-state index in [1.165, 1.54) is 31.5 Å². The van der Waals surface area contributed by atoms with Gasteiger partial charge in [0.05, 0.1) is 16.4 Å². The van der Waals surface area contributed by atoms with Gasteiger partial charge in [-0.1, -0.05) is 18.2 Å². The second-order valence-electron chi connectivity index (χ2n) is 5.28. The first kappa shape index (κ1) is 18.4. The Labute approximate surface area is 145 Å². The predicted molar refractivity (Wildman–Crippen MR) is 93.2 cm³/mol. The molecule has 130 valence electrons. The van der Waals surface area contributed by atoms with Gasteiger partial charge in [0.15, 0.2) is 0 Å². The Morgan fingerprint density at radius 2 is 1.88 bits per heavy atom. The second-order valence-corrected chi connectivity index (χ2v) is 8.72. The van der Waals surface area contributed by atoms with E-state index in [1.54, 1.807) is 24.4 Å². The van der Waals surface area contributed by atoms with Crippen molar-refractivity contribution in [1.29, 1.82) is 0 Å². The number of sulfonamides is 1. The monoisotopic (exact) mass is 368 g/mol. The molecule has 0 saturated carbocycles. The molecule has 1 heterocycles. The van der Waals surface area contributed by atoms with Crippen LogP contribution in [0.5, 0.6) is 0 Å². The molecule has 0 saturated heterocycles.